The maximum absolute atomic E-state index is 12.0. The first-order chi connectivity index (χ1) is 9.47. The normalized spacial score (nSPS) is 10.1. The van der Waals surface area contributed by atoms with Crippen LogP contribution in [-0.4, -0.2) is 10.8 Å². The van der Waals surface area contributed by atoms with Gasteiger partial charge in [-0.15, -0.1) is 0 Å². The Kier molecular flexibility index (Phi) is 4.00. The number of nitro benzene ring substituents is 1. The molecule has 0 fully saturated rings. The van der Waals surface area contributed by atoms with Gasteiger partial charge in [0, 0.05) is 28.4 Å². The Balaban J connectivity index is 2.19. The first-order valence-electron chi connectivity index (χ1n) is 5.79. The van der Waals surface area contributed by atoms with E-state index >= 15 is 0 Å². The van der Waals surface area contributed by atoms with E-state index in [1.807, 2.05) is 6.92 Å². The van der Waals surface area contributed by atoms with Crippen LogP contribution in [0.15, 0.2) is 42.5 Å². The number of non-ortho nitro benzene ring substituents is 1. The molecule has 5 nitrogen and oxygen atoms in total. The van der Waals surface area contributed by atoms with Crippen molar-refractivity contribution in [2.24, 2.45) is 0 Å². The highest BCUT2D eigenvalue weighted by molar-refractivity contribution is 6.31. The second kappa shape index (κ2) is 5.71. The summed E-state index contributed by atoms with van der Waals surface area (Å²) in [6, 6.07) is 10.6. The Bertz CT molecular complexity index is 669. The number of hydrogen-bond acceptors (Lipinski definition) is 3. The van der Waals surface area contributed by atoms with Crippen molar-refractivity contribution in [3.63, 3.8) is 0 Å². The minimum absolute atomic E-state index is 0.0551. The Morgan fingerprint density at radius 3 is 2.45 bits per heavy atom. The molecule has 0 spiro atoms. The average molecular weight is 291 g/mol. The van der Waals surface area contributed by atoms with E-state index in [0.717, 1.165) is 5.56 Å². The summed E-state index contributed by atoms with van der Waals surface area (Å²) < 4.78 is 0. The lowest BCUT2D eigenvalue weighted by Gasteiger charge is -2.08. The summed E-state index contributed by atoms with van der Waals surface area (Å²) in [7, 11) is 0. The van der Waals surface area contributed by atoms with E-state index < -0.39 is 4.92 Å². The molecule has 2 rings (SSSR count). The van der Waals surface area contributed by atoms with Crippen LogP contribution in [0, 0.1) is 17.0 Å². The Morgan fingerprint density at radius 1 is 1.20 bits per heavy atom. The lowest BCUT2D eigenvalue weighted by molar-refractivity contribution is -0.384. The molecule has 0 unspecified atom stereocenters. The molecule has 2 aromatic rings. The van der Waals surface area contributed by atoms with Crippen molar-refractivity contribution in [3.05, 3.63) is 68.7 Å². The Labute approximate surface area is 120 Å². The number of amides is 1. The number of carbonyl (C=O) groups excluding carboxylic acids is 1. The zero-order valence-corrected chi connectivity index (χ0v) is 11.3. The second-order valence-electron chi connectivity index (χ2n) is 4.22. The predicted molar refractivity (Wildman–Crippen MR) is 77.2 cm³/mol. The molecule has 0 bridgehead atoms. The van der Waals surface area contributed by atoms with Crippen molar-refractivity contribution < 1.29 is 9.72 Å². The van der Waals surface area contributed by atoms with E-state index in [-0.39, 0.29) is 11.6 Å². The average Bonchev–Trinajstić information content (AvgIpc) is 2.43. The molecule has 6 heteroatoms. The van der Waals surface area contributed by atoms with E-state index in [4.69, 9.17) is 11.6 Å². The molecule has 102 valence electrons. The number of halogens is 1. The van der Waals surface area contributed by atoms with E-state index in [1.165, 1.54) is 24.3 Å². The maximum Gasteiger partial charge on any atom is 0.269 e. The highest BCUT2D eigenvalue weighted by atomic mass is 35.5. The van der Waals surface area contributed by atoms with Gasteiger partial charge in [-0.1, -0.05) is 17.7 Å². The molecule has 1 N–H and O–H groups in total. The summed E-state index contributed by atoms with van der Waals surface area (Å²) in [4.78, 5) is 22.1. The lowest BCUT2D eigenvalue weighted by Crippen LogP contribution is -2.12. The molecule has 20 heavy (non-hydrogen) atoms. The number of nitrogens with one attached hydrogen (secondary N) is 1. The maximum atomic E-state index is 12.0. The molecule has 2 aromatic carbocycles. The van der Waals surface area contributed by atoms with Gasteiger partial charge in [-0.25, -0.2) is 0 Å². The molecule has 0 atom stereocenters. The molecule has 0 aromatic heterocycles. The molecular weight excluding hydrogens is 280 g/mol. The molecule has 0 heterocycles. The van der Waals surface area contributed by atoms with Crippen molar-refractivity contribution in [3.8, 4) is 0 Å². The standard InChI is InChI=1S/C14H11ClN2O3/c1-9-2-5-11(15)8-13(9)16-14(18)10-3-6-12(7-4-10)17(19)20/h2-8H,1H3,(H,16,18). The SMILES string of the molecule is Cc1ccc(Cl)cc1NC(=O)c1ccc([N+](=O)[O-])cc1. The predicted octanol–water partition coefficient (Wildman–Crippen LogP) is 3.81. The summed E-state index contributed by atoms with van der Waals surface area (Å²) in [5.74, 6) is -0.342. The molecule has 0 radical (unpaired) electrons. The van der Waals surface area contributed by atoms with Crippen LogP contribution >= 0.6 is 11.6 Å². The fraction of sp³-hybridized carbons (Fsp3) is 0.0714. The van der Waals surface area contributed by atoms with Crippen LogP contribution < -0.4 is 5.32 Å². The van der Waals surface area contributed by atoms with Crippen LogP contribution in [-0.2, 0) is 0 Å². The summed E-state index contributed by atoms with van der Waals surface area (Å²) in [6.45, 7) is 1.85. The van der Waals surface area contributed by atoms with E-state index in [2.05, 4.69) is 5.32 Å². The van der Waals surface area contributed by atoms with Gasteiger partial charge in [0.05, 0.1) is 4.92 Å². The van der Waals surface area contributed by atoms with Gasteiger partial charge in [0.1, 0.15) is 0 Å². The number of hydrogen-bond donors (Lipinski definition) is 1. The van der Waals surface area contributed by atoms with E-state index in [0.29, 0.717) is 16.3 Å². The van der Waals surface area contributed by atoms with Gasteiger partial charge in [0.25, 0.3) is 11.6 Å². The molecular formula is C14H11ClN2O3. The van der Waals surface area contributed by atoms with Crippen molar-refractivity contribution in [2.75, 3.05) is 5.32 Å². The third kappa shape index (κ3) is 3.13. The summed E-state index contributed by atoms with van der Waals surface area (Å²) in [6.07, 6.45) is 0. The van der Waals surface area contributed by atoms with Crippen LogP contribution in [0.25, 0.3) is 0 Å². The second-order valence-corrected chi connectivity index (χ2v) is 4.65. The fourth-order valence-corrected chi connectivity index (χ4v) is 1.83. The summed E-state index contributed by atoms with van der Waals surface area (Å²) in [5, 5.41) is 13.8. The Morgan fingerprint density at radius 2 is 1.85 bits per heavy atom. The Hall–Kier alpha value is -2.40. The monoisotopic (exact) mass is 290 g/mol. The highest BCUT2D eigenvalue weighted by Crippen LogP contribution is 2.21. The zero-order chi connectivity index (χ0) is 14.7. The molecule has 0 saturated carbocycles. The fourth-order valence-electron chi connectivity index (χ4n) is 1.66. The van der Waals surface area contributed by atoms with Crippen molar-refractivity contribution in [1.82, 2.24) is 0 Å². The molecule has 1 amide bonds. The molecule has 0 saturated heterocycles. The van der Waals surface area contributed by atoms with Gasteiger partial charge in [0.2, 0.25) is 0 Å². The number of nitro groups is 1. The van der Waals surface area contributed by atoms with Gasteiger partial charge in [-0.05, 0) is 36.8 Å². The number of anilines is 1. The zero-order valence-electron chi connectivity index (χ0n) is 10.6. The van der Waals surface area contributed by atoms with Gasteiger partial charge in [0.15, 0.2) is 0 Å². The molecule has 0 aliphatic heterocycles. The van der Waals surface area contributed by atoms with Crippen LogP contribution in [0.2, 0.25) is 5.02 Å². The third-order valence-corrected chi connectivity index (χ3v) is 3.02. The quantitative estimate of drug-likeness (QED) is 0.690. The van der Waals surface area contributed by atoms with Crippen molar-refractivity contribution >= 4 is 28.9 Å². The van der Waals surface area contributed by atoms with E-state index in [1.54, 1.807) is 18.2 Å². The van der Waals surface area contributed by atoms with E-state index in [9.17, 15) is 14.9 Å². The first-order valence-corrected chi connectivity index (χ1v) is 6.17. The minimum atomic E-state index is -0.511. The summed E-state index contributed by atoms with van der Waals surface area (Å²) >= 11 is 5.88. The van der Waals surface area contributed by atoms with Crippen LogP contribution in [0.4, 0.5) is 11.4 Å². The van der Waals surface area contributed by atoms with Gasteiger partial charge in [-0.3, -0.25) is 14.9 Å². The number of benzene rings is 2. The molecule has 0 aliphatic carbocycles. The van der Waals surface area contributed by atoms with Gasteiger partial charge in [-0.2, -0.15) is 0 Å². The third-order valence-electron chi connectivity index (χ3n) is 2.79. The summed E-state index contributed by atoms with van der Waals surface area (Å²) in [5.41, 5.74) is 1.78. The number of nitrogens with zero attached hydrogens (tertiary/aromatic N) is 1. The lowest BCUT2D eigenvalue weighted by atomic mass is 10.1. The van der Waals surface area contributed by atoms with Gasteiger partial charge >= 0.3 is 0 Å². The van der Waals surface area contributed by atoms with Crippen LogP contribution in [0.3, 0.4) is 0 Å². The number of carbonyl (C=O) groups is 1. The molecule has 0 aliphatic rings. The van der Waals surface area contributed by atoms with Crippen molar-refractivity contribution in [1.29, 1.82) is 0 Å². The minimum Gasteiger partial charge on any atom is -0.322 e. The van der Waals surface area contributed by atoms with Crippen molar-refractivity contribution in [2.45, 2.75) is 6.92 Å². The van der Waals surface area contributed by atoms with Gasteiger partial charge < -0.3 is 5.32 Å². The van der Waals surface area contributed by atoms with Crippen LogP contribution in [0.1, 0.15) is 15.9 Å². The number of rotatable bonds is 3. The topological polar surface area (TPSA) is 72.2 Å². The number of aryl methyl sites for hydroxylation is 1. The van der Waals surface area contributed by atoms with Crippen LogP contribution in [0.5, 0.6) is 0 Å². The highest BCUT2D eigenvalue weighted by Gasteiger charge is 2.10. The smallest absolute Gasteiger partial charge is 0.269 e. The largest absolute Gasteiger partial charge is 0.322 e. The first kappa shape index (κ1) is 14.0.